The molecule has 1 unspecified atom stereocenters. The molecule has 0 aromatic heterocycles. The van der Waals surface area contributed by atoms with Crippen LogP contribution in [0, 0.1) is 11.3 Å². The molecule has 3 N–H and O–H groups in total. The summed E-state index contributed by atoms with van der Waals surface area (Å²) in [5, 5.41) is 29.1. The first-order chi connectivity index (χ1) is 6.60. The molecule has 0 bridgehead atoms. The molecule has 1 amide bonds. The number of aliphatic hydroxyl groups excluding tert-OH is 1. The Morgan fingerprint density at radius 2 is 2.00 bits per heavy atom. The van der Waals surface area contributed by atoms with Crippen LogP contribution in [-0.2, 0) is 0 Å². The van der Waals surface area contributed by atoms with E-state index in [0.717, 1.165) is 19.3 Å². The zero-order chi connectivity index (χ0) is 10.6. The van der Waals surface area contributed by atoms with E-state index in [9.17, 15) is 9.90 Å². The van der Waals surface area contributed by atoms with Crippen molar-refractivity contribution in [3.8, 4) is 6.07 Å². The van der Waals surface area contributed by atoms with Crippen LogP contribution < -0.4 is 5.32 Å². The molecule has 1 aliphatic carbocycles. The van der Waals surface area contributed by atoms with E-state index in [1.54, 1.807) is 6.07 Å². The predicted molar refractivity (Wildman–Crippen MR) is 48.6 cm³/mol. The van der Waals surface area contributed by atoms with Crippen LogP contribution in [-0.4, -0.2) is 27.9 Å². The van der Waals surface area contributed by atoms with Crippen molar-refractivity contribution in [1.82, 2.24) is 5.32 Å². The van der Waals surface area contributed by atoms with Gasteiger partial charge in [0.1, 0.15) is 0 Å². The van der Waals surface area contributed by atoms with Crippen LogP contribution in [0.3, 0.4) is 0 Å². The number of nitriles is 1. The fourth-order valence-electron chi connectivity index (χ4n) is 1.99. The van der Waals surface area contributed by atoms with Gasteiger partial charge in [0.2, 0.25) is 0 Å². The molecule has 0 spiro atoms. The quantitative estimate of drug-likeness (QED) is 0.573. The third kappa shape index (κ3) is 2.15. The highest BCUT2D eigenvalue weighted by molar-refractivity contribution is 5.66. The van der Waals surface area contributed by atoms with E-state index in [0.29, 0.717) is 12.8 Å². The Hall–Kier alpha value is -1.28. The fourth-order valence-corrected chi connectivity index (χ4v) is 1.99. The number of nitrogens with zero attached hydrogens (tertiary/aromatic N) is 1. The van der Waals surface area contributed by atoms with E-state index in [-0.39, 0.29) is 0 Å². The van der Waals surface area contributed by atoms with E-state index in [2.05, 4.69) is 5.32 Å². The smallest absolute Gasteiger partial charge is 0.405 e. The lowest BCUT2D eigenvalue weighted by Gasteiger charge is -2.37. The Balaban J connectivity index is 2.77. The summed E-state index contributed by atoms with van der Waals surface area (Å²) in [4.78, 5) is 10.6. The van der Waals surface area contributed by atoms with Crippen molar-refractivity contribution in [3.05, 3.63) is 0 Å². The second kappa shape index (κ2) is 4.29. The van der Waals surface area contributed by atoms with Gasteiger partial charge in [0, 0.05) is 0 Å². The molecule has 1 fully saturated rings. The van der Waals surface area contributed by atoms with Gasteiger partial charge in [-0.05, 0) is 12.8 Å². The summed E-state index contributed by atoms with van der Waals surface area (Å²) >= 11 is 0. The molecule has 5 nitrogen and oxygen atoms in total. The Morgan fingerprint density at radius 3 is 2.43 bits per heavy atom. The SMILES string of the molecule is N#CC(O)C1(NC(=O)O)CCCCC1. The van der Waals surface area contributed by atoms with E-state index in [1.807, 2.05) is 0 Å². The van der Waals surface area contributed by atoms with Gasteiger partial charge in [0.15, 0.2) is 6.10 Å². The Bertz CT molecular complexity index is 253. The number of aliphatic hydroxyl groups is 1. The fraction of sp³-hybridized carbons (Fsp3) is 0.778. The minimum Gasteiger partial charge on any atom is -0.465 e. The van der Waals surface area contributed by atoms with Gasteiger partial charge in [0.05, 0.1) is 11.6 Å². The highest BCUT2D eigenvalue weighted by Crippen LogP contribution is 2.30. The minimum atomic E-state index is -1.25. The van der Waals surface area contributed by atoms with E-state index in [1.165, 1.54) is 0 Å². The number of carbonyl (C=O) groups is 1. The first kappa shape index (κ1) is 10.8. The molecule has 14 heavy (non-hydrogen) atoms. The number of rotatable bonds is 2. The van der Waals surface area contributed by atoms with Crippen LogP contribution in [0.4, 0.5) is 4.79 Å². The predicted octanol–water partition coefficient (Wildman–Crippen LogP) is 0.841. The van der Waals surface area contributed by atoms with Gasteiger partial charge in [-0.2, -0.15) is 5.26 Å². The summed E-state index contributed by atoms with van der Waals surface area (Å²) in [7, 11) is 0. The standard InChI is InChI=1S/C9H14N2O3/c10-6-7(12)9(11-8(13)14)4-2-1-3-5-9/h7,11-12H,1-5H2,(H,13,14). The molecule has 1 aliphatic rings. The molecule has 0 saturated heterocycles. The van der Waals surface area contributed by atoms with Crippen molar-refractivity contribution < 1.29 is 15.0 Å². The van der Waals surface area contributed by atoms with Crippen LogP contribution in [0.5, 0.6) is 0 Å². The molecular formula is C9H14N2O3. The zero-order valence-corrected chi connectivity index (χ0v) is 7.86. The van der Waals surface area contributed by atoms with Crippen LogP contribution in [0.15, 0.2) is 0 Å². The summed E-state index contributed by atoms with van der Waals surface area (Å²) in [5.41, 5.74) is -0.946. The summed E-state index contributed by atoms with van der Waals surface area (Å²) in [6.07, 6.45) is 1.36. The Labute approximate surface area is 82.3 Å². The highest BCUT2D eigenvalue weighted by atomic mass is 16.4. The molecule has 1 rings (SSSR count). The van der Waals surface area contributed by atoms with E-state index >= 15 is 0 Å². The van der Waals surface area contributed by atoms with Crippen molar-refractivity contribution in [1.29, 1.82) is 5.26 Å². The van der Waals surface area contributed by atoms with Crippen LogP contribution in [0.25, 0.3) is 0 Å². The van der Waals surface area contributed by atoms with Crippen molar-refractivity contribution in [2.24, 2.45) is 0 Å². The summed E-state index contributed by atoms with van der Waals surface area (Å²) in [6.45, 7) is 0. The molecule has 0 heterocycles. The summed E-state index contributed by atoms with van der Waals surface area (Å²) in [6, 6.07) is 1.71. The monoisotopic (exact) mass is 198 g/mol. The maximum atomic E-state index is 10.6. The highest BCUT2D eigenvalue weighted by Gasteiger charge is 2.40. The van der Waals surface area contributed by atoms with E-state index in [4.69, 9.17) is 10.4 Å². The second-order valence-electron chi connectivity index (χ2n) is 3.68. The van der Waals surface area contributed by atoms with Crippen LogP contribution in [0.2, 0.25) is 0 Å². The second-order valence-corrected chi connectivity index (χ2v) is 3.68. The lowest BCUT2D eigenvalue weighted by molar-refractivity contribution is 0.0696. The number of nitrogens with one attached hydrogen (secondary N) is 1. The third-order valence-corrected chi connectivity index (χ3v) is 2.75. The van der Waals surface area contributed by atoms with Crippen molar-refractivity contribution >= 4 is 6.09 Å². The molecule has 5 heteroatoms. The third-order valence-electron chi connectivity index (χ3n) is 2.75. The molecule has 78 valence electrons. The van der Waals surface area contributed by atoms with Gasteiger partial charge < -0.3 is 15.5 Å². The van der Waals surface area contributed by atoms with Gasteiger partial charge in [-0.3, -0.25) is 0 Å². The first-order valence-corrected chi connectivity index (χ1v) is 4.69. The number of hydrogen-bond donors (Lipinski definition) is 3. The number of carboxylic acid groups (broad SMARTS) is 1. The normalized spacial score (nSPS) is 22.0. The Kier molecular flexibility index (Phi) is 3.31. The summed E-state index contributed by atoms with van der Waals surface area (Å²) < 4.78 is 0. The average Bonchev–Trinajstić information content (AvgIpc) is 2.17. The number of amides is 1. The average molecular weight is 198 g/mol. The van der Waals surface area contributed by atoms with Gasteiger partial charge in [-0.15, -0.1) is 0 Å². The van der Waals surface area contributed by atoms with Gasteiger partial charge in [-0.1, -0.05) is 19.3 Å². The largest absolute Gasteiger partial charge is 0.465 e. The zero-order valence-electron chi connectivity index (χ0n) is 7.86. The topological polar surface area (TPSA) is 93.4 Å². The molecule has 1 saturated carbocycles. The molecular weight excluding hydrogens is 184 g/mol. The maximum Gasteiger partial charge on any atom is 0.405 e. The van der Waals surface area contributed by atoms with Gasteiger partial charge in [0.25, 0.3) is 0 Å². The molecule has 0 aliphatic heterocycles. The lowest BCUT2D eigenvalue weighted by atomic mass is 9.78. The molecule has 0 aromatic rings. The molecule has 0 aromatic carbocycles. The van der Waals surface area contributed by atoms with Crippen molar-refractivity contribution in [3.63, 3.8) is 0 Å². The Morgan fingerprint density at radius 1 is 1.43 bits per heavy atom. The first-order valence-electron chi connectivity index (χ1n) is 4.69. The van der Waals surface area contributed by atoms with Crippen LogP contribution in [0.1, 0.15) is 32.1 Å². The minimum absolute atomic E-state index is 0.536. The van der Waals surface area contributed by atoms with Crippen molar-refractivity contribution in [2.45, 2.75) is 43.7 Å². The number of hydrogen-bond acceptors (Lipinski definition) is 3. The maximum absolute atomic E-state index is 10.6. The van der Waals surface area contributed by atoms with Gasteiger partial charge in [-0.25, -0.2) is 4.79 Å². The van der Waals surface area contributed by atoms with Crippen LogP contribution >= 0.6 is 0 Å². The van der Waals surface area contributed by atoms with E-state index < -0.39 is 17.7 Å². The summed E-state index contributed by atoms with van der Waals surface area (Å²) in [5.74, 6) is 0. The lowest BCUT2D eigenvalue weighted by Crippen LogP contribution is -2.56. The molecule has 1 atom stereocenters. The van der Waals surface area contributed by atoms with Crippen molar-refractivity contribution in [2.75, 3.05) is 0 Å². The molecule has 0 radical (unpaired) electrons. The van der Waals surface area contributed by atoms with Gasteiger partial charge >= 0.3 is 6.09 Å².